The van der Waals surface area contributed by atoms with Gasteiger partial charge in [0.15, 0.2) is 0 Å². The number of amides is 1. The van der Waals surface area contributed by atoms with Gasteiger partial charge < -0.3 is 4.90 Å². The lowest BCUT2D eigenvalue weighted by atomic mass is 10.2. The van der Waals surface area contributed by atoms with Crippen molar-refractivity contribution in [3.8, 4) is 5.69 Å². The van der Waals surface area contributed by atoms with E-state index in [-0.39, 0.29) is 5.91 Å². The molecular formula is C22H19ClN4OS. The summed E-state index contributed by atoms with van der Waals surface area (Å²) in [5, 5.41) is 6.33. The van der Waals surface area contributed by atoms with Crippen LogP contribution in [0.5, 0.6) is 0 Å². The number of hydrogen-bond donors (Lipinski definition) is 0. The van der Waals surface area contributed by atoms with E-state index in [4.69, 9.17) is 11.6 Å². The summed E-state index contributed by atoms with van der Waals surface area (Å²) in [7, 11) is 0. The summed E-state index contributed by atoms with van der Waals surface area (Å²) in [6, 6.07) is 13.8. The molecule has 29 heavy (non-hydrogen) atoms. The van der Waals surface area contributed by atoms with Crippen LogP contribution in [0.3, 0.4) is 0 Å². The Kier molecular flexibility index (Phi) is 4.60. The third-order valence-corrected chi connectivity index (χ3v) is 6.49. The maximum atomic E-state index is 13.4. The number of carbonyl (C=O) groups excluding carboxylic acids is 1. The molecule has 1 amide bonds. The zero-order valence-corrected chi connectivity index (χ0v) is 17.5. The van der Waals surface area contributed by atoms with E-state index in [1.165, 1.54) is 11.3 Å². The predicted molar refractivity (Wildman–Crippen MR) is 116 cm³/mol. The number of aromatic nitrogens is 3. The third kappa shape index (κ3) is 3.54. The number of thiophene rings is 1. The van der Waals surface area contributed by atoms with Gasteiger partial charge in [-0.3, -0.25) is 9.78 Å². The molecule has 0 spiro atoms. The van der Waals surface area contributed by atoms with Crippen LogP contribution >= 0.6 is 22.9 Å². The highest BCUT2D eigenvalue weighted by atomic mass is 35.5. The number of carbonyl (C=O) groups is 1. The zero-order chi connectivity index (χ0) is 20.0. The number of hydrogen-bond acceptors (Lipinski definition) is 4. The first-order chi connectivity index (χ1) is 14.1. The number of fused-ring (bicyclic) bond motifs is 1. The molecule has 0 bridgehead atoms. The summed E-state index contributed by atoms with van der Waals surface area (Å²) < 4.78 is 1.88. The van der Waals surface area contributed by atoms with Gasteiger partial charge in [0.05, 0.1) is 16.3 Å². The van der Waals surface area contributed by atoms with Crippen molar-refractivity contribution in [2.45, 2.75) is 32.4 Å². The maximum Gasteiger partial charge on any atom is 0.264 e. The Morgan fingerprint density at radius 1 is 1.24 bits per heavy atom. The number of benzene rings is 1. The molecule has 0 unspecified atom stereocenters. The third-order valence-electron chi connectivity index (χ3n) is 5.16. The molecule has 1 aliphatic rings. The van der Waals surface area contributed by atoms with Crippen LogP contribution in [0.2, 0.25) is 5.02 Å². The molecule has 3 aromatic heterocycles. The topological polar surface area (TPSA) is 51.0 Å². The molecule has 1 aliphatic carbocycles. The van der Waals surface area contributed by atoms with Gasteiger partial charge in [-0.1, -0.05) is 17.7 Å². The van der Waals surface area contributed by atoms with E-state index in [0.29, 0.717) is 17.6 Å². The largest absolute Gasteiger partial charge is 0.331 e. The van der Waals surface area contributed by atoms with E-state index >= 15 is 0 Å². The summed E-state index contributed by atoms with van der Waals surface area (Å²) in [6.07, 6.45) is 5.68. The van der Waals surface area contributed by atoms with Crippen molar-refractivity contribution in [3.05, 3.63) is 76.0 Å². The van der Waals surface area contributed by atoms with Crippen LogP contribution in [0.4, 0.5) is 0 Å². The van der Waals surface area contributed by atoms with E-state index in [1.807, 2.05) is 59.0 Å². The van der Waals surface area contributed by atoms with Crippen molar-refractivity contribution in [3.63, 3.8) is 0 Å². The van der Waals surface area contributed by atoms with Gasteiger partial charge in [0.25, 0.3) is 5.91 Å². The van der Waals surface area contributed by atoms with E-state index in [9.17, 15) is 4.79 Å². The molecule has 5 nitrogen and oxygen atoms in total. The smallest absolute Gasteiger partial charge is 0.264 e. The summed E-state index contributed by atoms with van der Waals surface area (Å²) in [5.41, 5.74) is 2.90. The van der Waals surface area contributed by atoms with Crippen LogP contribution in [0.15, 0.2) is 54.9 Å². The van der Waals surface area contributed by atoms with Crippen molar-refractivity contribution < 1.29 is 4.79 Å². The number of aryl methyl sites for hydroxylation is 1. The van der Waals surface area contributed by atoms with Crippen LogP contribution in [-0.2, 0) is 6.54 Å². The van der Waals surface area contributed by atoms with Gasteiger partial charge in [-0.2, -0.15) is 5.10 Å². The monoisotopic (exact) mass is 422 g/mol. The summed E-state index contributed by atoms with van der Waals surface area (Å²) in [4.78, 5) is 21.2. The molecule has 0 radical (unpaired) electrons. The number of nitrogens with zero attached hydrogens (tertiary/aromatic N) is 4. The molecule has 146 valence electrons. The molecule has 0 aliphatic heterocycles. The maximum absolute atomic E-state index is 13.4. The molecule has 4 aromatic rings. The number of pyridine rings is 1. The van der Waals surface area contributed by atoms with Gasteiger partial charge in [0.1, 0.15) is 4.83 Å². The lowest BCUT2D eigenvalue weighted by molar-refractivity contribution is 0.0735. The fourth-order valence-corrected chi connectivity index (χ4v) is 4.84. The van der Waals surface area contributed by atoms with Gasteiger partial charge in [0.2, 0.25) is 0 Å². The zero-order valence-electron chi connectivity index (χ0n) is 15.9. The molecule has 7 heteroatoms. The lowest BCUT2D eigenvalue weighted by Gasteiger charge is -2.21. The van der Waals surface area contributed by atoms with Crippen LogP contribution in [0, 0.1) is 6.92 Å². The SMILES string of the molecule is Cc1nn(-c2cccc(Cl)c2)c2sc(C(=O)N(Cc3ccncc3)C3CC3)cc12. The normalized spacial score (nSPS) is 13.7. The van der Waals surface area contributed by atoms with Crippen molar-refractivity contribution in [2.24, 2.45) is 0 Å². The minimum atomic E-state index is 0.0857. The average molecular weight is 423 g/mol. The second-order valence-electron chi connectivity index (χ2n) is 7.33. The molecule has 1 fully saturated rings. The number of halogens is 1. The van der Waals surface area contributed by atoms with Crippen LogP contribution < -0.4 is 0 Å². The van der Waals surface area contributed by atoms with E-state index in [0.717, 1.165) is 44.9 Å². The highest BCUT2D eigenvalue weighted by molar-refractivity contribution is 7.20. The van der Waals surface area contributed by atoms with Crippen molar-refractivity contribution in [1.82, 2.24) is 19.7 Å². The quantitative estimate of drug-likeness (QED) is 0.441. The molecule has 1 saturated carbocycles. The van der Waals surface area contributed by atoms with E-state index in [1.54, 1.807) is 12.4 Å². The van der Waals surface area contributed by atoms with Gasteiger partial charge in [-0.25, -0.2) is 4.68 Å². The van der Waals surface area contributed by atoms with Gasteiger partial charge >= 0.3 is 0 Å². The number of rotatable bonds is 5. The Labute approximate surface area is 177 Å². The predicted octanol–water partition coefficient (Wildman–Crippen LogP) is 5.25. The van der Waals surface area contributed by atoms with Gasteiger partial charge in [0, 0.05) is 35.4 Å². The van der Waals surface area contributed by atoms with Crippen molar-refractivity contribution >= 4 is 39.1 Å². The first-order valence-corrected chi connectivity index (χ1v) is 10.7. The van der Waals surface area contributed by atoms with Crippen LogP contribution in [-0.4, -0.2) is 31.6 Å². The molecule has 5 rings (SSSR count). The fourth-order valence-electron chi connectivity index (χ4n) is 3.51. The first kappa shape index (κ1) is 18.3. The standard InChI is InChI=1S/C22H19ClN4OS/c1-14-19-12-20(29-22(19)27(25-14)18-4-2-3-16(23)11-18)21(28)26(17-5-6-17)13-15-7-9-24-10-8-15/h2-4,7-12,17H,5-6,13H2,1H3. The fraction of sp³-hybridized carbons (Fsp3) is 0.227. The minimum absolute atomic E-state index is 0.0857. The Morgan fingerprint density at radius 3 is 2.76 bits per heavy atom. The Balaban J connectivity index is 1.51. The minimum Gasteiger partial charge on any atom is -0.331 e. The molecule has 0 atom stereocenters. The van der Waals surface area contributed by atoms with Crippen molar-refractivity contribution in [1.29, 1.82) is 0 Å². The van der Waals surface area contributed by atoms with Crippen molar-refractivity contribution in [2.75, 3.05) is 0 Å². The second kappa shape index (κ2) is 7.28. The highest BCUT2D eigenvalue weighted by Crippen LogP contribution is 2.35. The Hall–Kier alpha value is -2.70. The Bertz CT molecular complexity index is 1200. The molecule has 0 saturated heterocycles. The Morgan fingerprint density at radius 2 is 2.03 bits per heavy atom. The van der Waals surface area contributed by atoms with Crippen LogP contribution in [0.25, 0.3) is 15.9 Å². The second-order valence-corrected chi connectivity index (χ2v) is 8.79. The molecule has 0 N–H and O–H groups in total. The summed E-state index contributed by atoms with van der Waals surface area (Å²) >= 11 is 7.66. The first-order valence-electron chi connectivity index (χ1n) is 9.55. The summed E-state index contributed by atoms with van der Waals surface area (Å²) in [5.74, 6) is 0.0857. The van der Waals surface area contributed by atoms with E-state index < -0.39 is 0 Å². The lowest BCUT2D eigenvalue weighted by Crippen LogP contribution is -2.32. The van der Waals surface area contributed by atoms with Gasteiger partial charge in [-0.05, 0) is 61.7 Å². The van der Waals surface area contributed by atoms with E-state index in [2.05, 4.69) is 10.1 Å². The molecule has 1 aromatic carbocycles. The average Bonchev–Trinajstić information content (AvgIpc) is 3.39. The molecule has 3 heterocycles. The van der Waals surface area contributed by atoms with Crippen LogP contribution in [0.1, 0.15) is 33.8 Å². The summed E-state index contributed by atoms with van der Waals surface area (Å²) in [6.45, 7) is 2.58. The highest BCUT2D eigenvalue weighted by Gasteiger charge is 2.34. The molecular weight excluding hydrogens is 404 g/mol. The van der Waals surface area contributed by atoms with Gasteiger partial charge in [-0.15, -0.1) is 11.3 Å².